The molecule has 0 aliphatic carbocycles. The van der Waals surface area contributed by atoms with E-state index >= 15 is 0 Å². The zero-order valence-corrected chi connectivity index (χ0v) is 9.61. The normalized spacial score (nSPS) is 11.0. The predicted octanol–water partition coefficient (Wildman–Crippen LogP) is 2.27. The van der Waals surface area contributed by atoms with Gasteiger partial charge in [-0.2, -0.15) is 4.37 Å². The highest BCUT2D eigenvalue weighted by atomic mass is 32.1. The molecular weight excluding hydrogens is 194 g/mol. The van der Waals surface area contributed by atoms with Crippen LogP contribution in [0.15, 0.2) is 0 Å². The lowest BCUT2D eigenvalue weighted by atomic mass is 9.96. The Morgan fingerprint density at radius 1 is 1.50 bits per heavy atom. The maximum atomic E-state index is 5.14. The molecule has 1 aromatic heterocycles. The van der Waals surface area contributed by atoms with Crippen molar-refractivity contribution in [3.8, 4) is 12.3 Å². The van der Waals surface area contributed by atoms with Gasteiger partial charge in [-0.15, -0.1) is 12.3 Å². The lowest BCUT2D eigenvalue weighted by molar-refractivity contribution is 0.555. The molecule has 4 heteroatoms. The van der Waals surface area contributed by atoms with Crippen LogP contribution in [0, 0.1) is 12.3 Å². The number of aromatic nitrogens is 2. The summed E-state index contributed by atoms with van der Waals surface area (Å²) in [6.07, 6.45) is 5.86. The maximum Gasteiger partial charge on any atom is 0.202 e. The van der Waals surface area contributed by atoms with E-state index in [0.717, 1.165) is 17.5 Å². The van der Waals surface area contributed by atoms with Gasteiger partial charge in [0, 0.05) is 29.9 Å². The molecule has 1 rings (SSSR count). The minimum absolute atomic E-state index is 0.0164. The van der Waals surface area contributed by atoms with Crippen molar-refractivity contribution in [3.63, 3.8) is 0 Å². The first-order chi connectivity index (χ1) is 6.54. The van der Waals surface area contributed by atoms with Crippen molar-refractivity contribution in [2.24, 2.45) is 0 Å². The van der Waals surface area contributed by atoms with E-state index in [2.05, 4.69) is 41.4 Å². The van der Waals surface area contributed by atoms with Gasteiger partial charge in [-0.1, -0.05) is 20.8 Å². The molecule has 0 unspecified atom stereocenters. The van der Waals surface area contributed by atoms with E-state index in [9.17, 15) is 0 Å². The average Bonchev–Trinajstić information content (AvgIpc) is 2.52. The molecule has 14 heavy (non-hydrogen) atoms. The van der Waals surface area contributed by atoms with Crippen molar-refractivity contribution in [1.82, 2.24) is 9.36 Å². The number of terminal acetylenes is 1. The molecule has 0 aliphatic heterocycles. The van der Waals surface area contributed by atoms with Crippen LogP contribution in [-0.4, -0.2) is 15.9 Å². The third-order valence-corrected chi connectivity index (χ3v) is 2.32. The highest BCUT2D eigenvalue weighted by Gasteiger charge is 2.19. The third kappa shape index (κ3) is 3.00. The number of rotatable bonds is 3. The molecule has 0 bridgehead atoms. The Hall–Kier alpha value is -1.08. The number of nitrogens with one attached hydrogen (secondary N) is 1. The van der Waals surface area contributed by atoms with Gasteiger partial charge in [0.05, 0.1) is 0 Å². The van der Waals surface area contributed by atoms with Crippen LogP contribution in [0.5, 0.6) is 0 Å². The lowest BCUT2D eigenvalue weighted by Crippen LogP contribution is -2.13. The average molecular weight is 209 g/mol. The Labute approximate surface area is 89.1 Å². The number of anilines is 1. The zero-order valence-electron chi connectivity index (χ0n) is 8.79. The minimum Gasteiger partial charge on any atom is -0.359 e. The molecule has 1 N–H and O–H groups in total. The summed E-state index contributed by atoms with van der Waals surface area (Å²) in [5, 5.41) is 3.99. The molecule has 76 valence electrons. The minimum atomic E-state index is 0.0164. The van der Waals surface area contributed by atoms with Crippen LogP contribution in [0.25, 0.3) is 0 Å². The zero-order chi connectivity index (χ0) is 10.6. The van der Waals surface area contributed by atoms with Crippen LogP contribution >= 0.6 is 11.5 Å². The van der Waals surface area contributed by atoms with Gasteiger partial charge in [-0.25, -0.2) is 4.98 Å². The largest absolute Gasteiger partial charge is 0.359 e. The smallest absolute Gasteiger partial charge is 0.202 e. The molecular formula is C10H15N3S. The van der Waals surface area contributed by atoms with Crippen molar-refractivity contribution in [2.45, 2.75) is 32.6 Å². The van der Waals surface area contributed by atoms with Crippen LogP contribution in [0.2, 0.25) is 0 Å². The third-order valence-electron chi connectivity index (χ3n) is 1.64. The van der Waals surface area contributed by atoms with Gasteiger partial charge < -0.3 is 5.32 Å². The number of nitrogens with zero attached hydrogens (tertiary/aromatic N) is 2. The number of hydrogen-bond donors (Lipinski definition) is 1. The molecule has 0 atom stereocenters. The Kier molecular flexibility index (Phi) is 3.48. The summed E-state index contributed by atoms with van der Waals surface area (Å²) >= 11 is 1.39. The van der Waals surface area contributed by atoms with E-state index in [1.807, 2.05) is 0 Å². The van der Waals surface area contributed by atoms with Gasteiger partial charge in [-0.3, -0.25) is 0 Å². The van der Waals surface area contributed by atoms with Crippen molar-refractivity contribution in [2.75, 3.05) is 11.9 Å². The van der Waals surface area contributed by atoms with Gasteiger partial charge in [-0.05, 0) is 0 Å². The van der Waals surface area contributed by atoms with Gasteiger partial charge in [0.1, 0.15) is 5.82 Å². The van der Waals surface area contributed by atoms with Crippen molar-refractivity contribution in [3.05, 3.63) is 5.82 Å². The molecule has 0 aromatic carbocycles. The standard InChI is InChI=1S/C10H15N3S/c1-5-6-7-11-9-12-8(13-14-9)10(2,3)4/h1H,6-7H2,2-4H3,(H,11,12,13). The summed E-state index contributed by atoms with van der Waals surface area (Å²) in [6, 6.07) is 0. The van der Waals surface area contributed by atoms with Crippen LogP contribution in [0.4, 0.5) is 5.13 Å². The van der Waals surface area contributed by atoms with E-state index in [0.29, 0.717) is 6.42 Å². The second-order valence-corrected chi connectivity index (χ2v) is 4.81. The van der Waals surface area contributed by atoms with Crippen molar-refractivity contribution in [1.29, 1.82) is 0 Å². The SMILES string of the molecule is C#CCCNc1nc(C(C)(C)C)ns1. The Balaban J connectivity index is 2.57. The van der Waals surface area contributed by atoms with Crippen LogP contribution < -0.4 is 5.32 Å². The Bertz CT molecular complexity index is 330. The summed E-state index contributed by atoms with van der Waals surface area (Å²) in [5.41, 5.74) is 0.0164. The molecule has 3 nitrogen and oxygen atoms in total. The lowest BCUT2D eigenvalue weighted by Gasteiger charge is -2.12. The molecule has 0 aliphatic rings. The molecule has 0 saturated heterocycles. The molecule has 1 heterocycles. The highest BCUT2D eigenvalue weighted by Crippen LogP contribution is 2.22. The summed E-state index contributed by atoms with van der Waals surface area (Å²) in [6.45, 7) is 7.05. The van der Waals surface area contributed by atoms with Gasteiger partial charge in [0.2, 0.25) is 5.13 Å². The first-order valence-corrected chi connectivity index (χ1v) is 5.33. The van der Waals surface area contributed by atoms with E-state index in [-0.39, 0.29) is 5.41 Å². The predicted molar refractivity (Wildman–Crippen MR) is 60.5 cm³/mol. The molecule has 0 amide bonds. The molecule has 0 saturated carbocycles. The van der Waals surface area contributed by atoms with Crippen molar-refractivity contribution >= 4 is 16.7 Å². The maximum absolute atomic E-state index is 5.14. The quantitative estimate of drug-likeness (QED) is 0.613. The molecule has 0 radical (unpaired) electrons. The summed E-state index contributed by atoms with van der Waals surface area (Å²) in [7, 11) is 0. The second kappa shape index (κ2) is 4.43. The van der Waals surface area contributed by atoms with Crippen LogP contribution in [0.3, 0.4) is 0 Å². The molecule has 1 aromatic rings. The second-order valence-electron chi connectivity index (χ2n) is 4.05. The summed E-state index contributed by atoms with van der Waals surface area (Å²) in [5.74, 6) is 3.45. The molecule has 0 spiro atoms. The first kappa shape index (κ1) is 11.0. The van der Waals surface area contributed by atoms with E-state index in [1.54, 1.807) is 0 Å². The highest BCUT2D eigenvalue weighted by molar-refractivity contribution is 7.09. The van der Waals surface area contributed by atoms with E-state index in [1.165, 1.54) is 11.5 Å². The fourth-order valence-electron chi connectivity index (χ4n) is 0.842. The fourth-order valence-corrected chi connectivity index (χ4v) is 1.62. The van der Waals surface area contributed by atoms with E-state index < -0.39 is 0 Å². The van der Waals surface area contributed by atoms with Crippen LogP contribution in [-0.2, 0) is 5.41 Å². The van der Waals surface area contributed by atoms with Crippen LogP contribution in [0.1, 0.15) is 33.0 Å². The monoisotopic (exact) mass is 209 g/mol. The van der Waals surface area contributed by atoms with Crippen molar-refractivity contribution < 1.29 is 0 Å². The number of hydrogen-bond acceptors (Lipinski definition) is 4. The van der Waals surface area contributed by atoms with Gasteiger partial charge in [0.25, 0.3) is 0 Å². The summed E-state index contributed by atoms with van der Waals surface area (Å²) < 4.78 is 4.28. The Morgan fingerprint density at radius 3 is 2.71 bits per heavy atom. The van der Waals surface area contributed by atoms with E-state index in [4.69, 9.17) is 6.42 Å². The summed E-state index contributed by atoms with van der Waals surface area (Å²) in [4.78, 5) is 4.38. The first-order valence-electron chi connectivity index (χ1n) is 4.55. The Morgan fingerprint density at radius 2 is 2.21 bits per heavy atom. The van der Waals surface area contributed by atoms with Gasteiger partial charge >= 0.3 is 0 Å². The van der Waals surface area contributed by atoms with Gasteiger partial charge in [0.15, 0.2) is 0 Å². The fraction of sp³-hybridized carbons (Fsp3) is 0.600. The molecule has 0 fully saturated rings. The topological polar surface area (TPSA) is 37.8 Å².